The van der Waals surface area contributed by atoms with Crippen LogP contribution in [0.15, 0.2) is 91.1 Å². The summed E-state index contributed by atoms with van der Waals surface area (Å²) >= 11 is 5.65. The Morgan fingerprint density at radius 2 is 1.16 bits per heavy atom. The van der Waals surface area contributed by atoms with Crippen molar-refractivity contribution in [1.29, 1.82) is 0 Å². The Kier molecular flexibility index (Phi) is 6.99. The number of benzene rings is 2. The van der Waals surface area contributed by atoms with Gasteiger partial charge in [-0.05, 0) is 88.2 Å². The maximum atomic E-state index is 3.86. The van der Waals surface area contributed by atoms with Crippen LogP contribution in [0.5, 0.6) is 0 Å². The van der Waals surface area contributed by atoms with Crippen molar-refractivity contribution in [3.05, 3.63) is 127 Å². The summed E-state index contributed by atoms with van der Waals surface area (Å²) in [6.07, 6.45) is 0.416. The molecular formula is C38H30BNS3. The van der Waals surface area contributed by atoms with E-state index in [-0.39, 0.29) is 0 Å². The van der Waals surface area contributed by atoms with Crippen LogP contribution >= 0.6 is 34.0 Å². The molecule has 208 valence electrons. The quantitative estimate of drug-likeness (QED) is 0.137. The van der Waals surface area contributed by atoms with Crippen LogP contribution in [-0.4, -0.2) is 6.28 Å². The molecule has 0 aliphatic carbocycles. The highest BCUT2D eigenvalue weighted by atomic mass is 32.1. The molecule has 0 bridgehead atoms. The van der Waals surface area contributed by atoms with Crippen molar-refractivity contribution < 1.29 is 4.48 Å². The molecule has 1 nitrogen and oxygen atoms in total. The standard InChI is InChI=1S/C38H30BNS3/c1-25-16-17-34-38-36(35(32-22-26(2)41-28(32)4)37(43-38)33-23-27(3)42-29(33)5)39(40(34)24-25,20-18-30-12-8-6-9-13-30)21-19-31-14-10-7-11-15-31/h6-17,22-24H,1-5H3. The zero-order chi connectivity index (χ0) is 29.7. The van der Waals surface area contributed by atoms with Gasteiger partial charge in [0.2, 0.25) is 0 Å². The van der Waals surface area contributed by atoms with E-state index in [2.05, 4.69) is 142 Å². The van der Waals surface area contributed by atoms with Crippen LogP contribution in [0.25, 0.3) is 32.1 Å². The molecule has 43 heavy (non-hydrogen) atoms. The van der Waals surface area contributed by atoms with Gasteiger partial charge in [0.1, 0.15) is 6.20 Å². The lowest BCUT2D eigenvalue weighted by atomic mass is 9.32. The first-order chi connectivity index (χ1) is 20.8. The first kappa shape index (κ1) is 27.7. The van der Waals surface area contributed by atoms with Crippen molar-refractivity contribution in [3.63, 3.8) is 0 Å². The summed E-state index contributed by atoms with van der Waals surface area (Å²) in [7, 11) is 0. The summed E-state index contributed by atoms with van der Waals surface area (Å²) in [5.41, 5.74) is 9.58. The first-order valence-corrected chi connectivity index (χ1v) is 17.0. The average Bonchev–Trinajstić information content (AvgIpc) is 3.72. The molecule has 1 aliphatic heterocycles. The number of fused-ring (bicyclic) bond motifs is 3. The summed E-state index contributed by atoms with van der Waals surface area (Å²) in [6, 6.07) is 29.9. The minimum Gasteiger partial charge on any atom is -0.393 e. The molecule has 1 aliphatic rings. The molecule has 5 heterocycles. The largest absolute Gasteiger partial charge is 0.446 e. The van der Waals surface area contributed by atoms with Crippen molar-refractivity contribution in [2.75, 3.05) is 0 Å². The highest BCUT2D eigenvalue weighted by Crippen LogP contribution is 2.48. The maximum Gasteiger partial charge on any atom is 0.446 e. The third kappa shape index (κ3) is 4.79. The molecular weight excluding hydrogens is 577 g/mol. The van der Waals surface area contributed by atoms with Gasteiger partial charge in [-0.25, -0.2) is 11.6 Å². The second-order valence-corrected chi connectivity index (χ2v) is 15.2. The molecule has 0 saturated heterocycles. The lowest BCUT2D eigenvalue weighted by Crippen LogP contribution is -2.68. The highest BCUT2D eigenvalue weighted by molar-refractivity contribution is 7.24. The molecule has 6 aromatic rings. The highest BCUT2D eigenvalue weighted by Gasteiger charge is 2.50. The topological polar surface area (TPSA) is 3.88 Å². The van der Waals surface area contributed by atoms with Gasteiger partial charge in [0.25, 0.3) is 0 Å². The van der Waals surface area contributed by atoms with E-state index in [1.165, 1.54) is 62.7 Å². The van der Waals surface area contributed by atoms with Crippen molar-refractivity contribution >= 4 is 45.8 Å². The van der Waals surface area contributed by atoms with Gasteiger partial charge in [0, 0.05) is 52.7 Å². The van der Waals surface area contributed by atoms with Crippen LogP contribution < -0.4 is 9.94 Å². The van der Waals surface area contributed by atoms with Crippen molar-refractivity contribution in [2.45, 2.75) is 34.6 Å². The lowest BCUT2D eigenvalue weighted by Gasteiger charge is -2.23. The number of rotatable bonds is 2. The summed E-state index contributed by atoms with van der Waals surface area (Å²) in [5.74, 6) is 14.9. The van der Waals surface area contributed by atoms with Gasteiger partial charge >= 0.3 is 6.28 Å². The van der Waals surface area contributed by atoms with Gasteiger partial charge in [0.15, 0.2) is 5.69 Å². The first-order valence-electron chi connectivity index (χ1n) is 14.5. The number of aromatic nitrogens is 1. The van der Waals surface area contributed by atoms with E-state index < -0.39 is 6.28 Å². The Morgan fingerprint density at radius 3 is 1.70 bits per heavy atom. The molecule has 0 fully saturated rings. The van der Waals surface area contributed by atoms with E-state index in [9.17, 15) is 0 Å². The Morgan fingerprint density at radius 1 is 0.605 bits per heavy atom. The van der Waals surface area contributed by atoms with E-state index >= 15 is 0 Å². The Hall–Kier alpha value is -4.13. The summed E-state index contributed by atoms with van der Waals surface area (Å²) < 4.78 is 2.40. The fraction of sp³-hybridized carbons (Fsp3) is 0.132. The molecule has 0 N–H and O–H groups in total. The SMILES string of the molecule is Cc1ccc2[n+](c1)[B-](C#Cc1ccccc1)(C#Cc1ccccc1)c1c-2sc(-c2cc(C)sc2C)c1-c1cc(C)sc1C. The number of hydrogen-bond acceptors (Lipinski definition) is 3. The number of pyridine rings is 1. The van der Waals surface area contributed by atoms with Crippen molar-refractivity contribution in [1.82, 2.24) is 0 Å². The van der Waals surface area contributed by atoms with Gasteiger partial charge in [-0.1, -0.05) is 41.9 Å². The monoisotopic (exact) mass is 607 g/mol. The summed E-state index contributed by atoms with van der Waals surface area (Å²) in [6.45, 7) is 11.1. The second-order valence-electron chi connectivity index (χ2n) is 11.3. The van der Waals surface area contributed by atoms with Crippen molar-refractivity contribution in [2.24, 2.45) is 0 Å². The van der Waals surface area contributed by atoms with E-state index in [1.54, 1.807) is 0 Å². The van der Waals surface area contributed by atoms with Crippen LogP contribution in [0.2, 0.25) is 0 Å². The van der Waals surface area contributed by atoms with Crippen LogP contribution in [0.1, 0.15) is 36.2 Å². The molecule has 0 saturated carbocycles. The molecule has 0 unspecified atom stereocenters. The van der Waals surface area contributed by atoms with Crippen molar-refractivity contribution in [3.8, 4) is 55.6 Å². The van der Waals surface area contributed by atoms with Gasteiger partial charge in [-0.2, -0.15) is 0 Å². The van der Waals surface area contributed by atoms with Crippen LogP contribution in [0.4, 0.5) is 0 Å². The molecule has 0 amide bonds. The summed E-state index contributed by atoms with van der Waals surface area (Å²) in [5, 5.41) is 0. The van der Waals surface area contributed by atoms with E-state index in [0.29, 0.717) is 0 Å². The predicted molar refractivity (Wildman–Crippen MR) is 188 cm³/mol. The minimum absolute atomic E-state index is 0.998. The van der Waals surface area contributed by atoms with E-state index in [1.807, 2.05) is 46.1 Å². The molecule has 0 radical (unpaired) electrons. The van der Waals surface area contributed by atoms with Gasteiger partial charge in [-0.3, -0.25) is 0 Å². The van der Waals surface area contributed by atoms with Gasteiger partial charge < -0.3 is 4.48 Å². The normalized spacial score (nSPS) is 12.6. The average molecular weight is 608 g/mol. The molecule has 7 rings (SSSR count). The number of hydrogen-bond donors (Lipinski definition) is 0. The molecule has 0 spiro atoms. The van der Waals surface area contributed by atoms with Crippen LogP contribution in [0, 0.1) is 58.1 Å². The third-order valence-electron chi connectivity index (χ3n) is 8.13. The predicted octanol–water partition coefficient (Wildman–Crippen LogP) is 8.90. The lowest BCUT2D eigenvalue weighted by molar-refractivity contribution is -0.524. The number of aryl methyl sites for hydroxylation is 5. The fourth-order valence-electron chi connectivity index (χ4n) is 6.24. The Bertz CT molecular complexity index is 2080. The van der Waals surface area contributed by atoms with Crippen LogP contribution in [-0.2, 0) is 0 Å². The van der Waals surface area contributed by atoms with Gasteiger partial charge in [-0.15, -0.1) is 45.9 Å². The Labute approximate surface area is 266 Å². The zero-order valence-corrected chi connectivity index (χ0v) is 27.4. The second kappa shape index (κ2) is 10.9. The summed E-state index contributed by atoms with van der Waals surface area (Å²) in [4.78, 5) is 7.94. The fourth-order valence-corrected chi connectivity index (χ4v) is 9.68. The Balaban J connectivity index is 1.64. The smallest absolute Gasteiger partial charge is 0.393 e. The molecule has 2 aromatic carbocycles. The van der Waals surface area contributed by atoms with Crippen LogP contribution in [0.3, 0.4) is 0 Å². The number of thiophene rings is 3. The third-order valence-corrected chi connectivity index (χ3v) is 11.3. The minimum atomic E-state index is -1.84. The van der Waals surface area contributed by atoms with E-state index in [4.69, 9.17) is 0 Å². The van der Waals surface area contributed by atoms with E-state index in [0.717, 1.165) is 11.1 Å². The number of nitrogens with zero attached hydrogens (tertiary/aromatic N) is 1. The maximum absolute atomic E-state index is 3.86. The molecule has 4 aromatic heterocycles. The molecule has 0 atom stereocenters. The molecule has 5 heteroatoms. The zero-order valence-electron chi connectivity index (χ0n) is 24.9. The van der Waals surface area contributed by atoms with Gasteiger partial charge in [0.05, 0.1) is 4.88 Å².